The van der Waals surface area contributed by atoms with E-state index in [-0.39, 0.29) is 18.9 Å². The minimum absolute atomic E-state index is 0.144. The lowest BCUT2D eigenvalue weighted by Crippen LogP contribution is -2.44. The van der Waals surface area contributed by atoms with Gasteiger partial charge in [-0.15, -0.1) is 0 Å². The number of hydrogen-bond acceptors (Lipinski definition) is 5. The highest BCUT2D eigenvalue weighted by atomic mass is 16.6. The Bertz CT molecular complexity index is 797. The van der Waals surface area contributed by atoms with Crippen LogP contribution in [0.3, 0.4) is 0 Å². The van der Waals surface area contributed by atoms with Gasteiger partial charge in [-0.1, -0.05) is 30.3 Å². The van der Waals surface area contributed by atoms with Crippen molar-refractivity contribution < 1.29 is 24.2 Å². The topological polar surface area (TPSA) is 99.2 Å². The Morgan fingerprint density at radius 3 is 2.52 bits per heavy atom. The zero-order valence-corrected chi connectivity index (χ0v) is 15.6. The van der Waals surface area contributed by atoms with Gasteiger partial charge in [-0.3, -0.25) is 9.59 Å². The average Bonchev–Trinajstić information content (AvgIpc) is 3.02. The zero-order chi connectivity index (χ0) is 19.8. The molecule has 0 bridgehead atoms. The summed E-state index contributed by atoms with van der Waals surface area (Å²) in [6.07, 6.45) is -0.798. The number of nitrogens with zero attached hydrogens (tertiary/aromatic N) is 2. The second-order valence-electron chi connectivity index (χ2n) is 7.58. The summed E-state index contributed by atoms with van der Waals surface area (Å²) in [5.41, 5.74) is 1.35. The van der Waals surface area contributed by atoms with E-state index < -0.39 is 23.7 Å². The van der Waals surface area contributed by atoms with Crippen molar-refractivity contribution in [2.45, 2.75) is 38.8 Å². The first-order valence-corrected chi connectivity index (χ1v) is 8.73. The van der Waals surface area contributed by atoms with Gasteiger partial charge in [0.15, 0.2) is 0 Å². The second-order valence-corrected chi connectivity index (χ2v) is 7.58. The number of alkyl carbamates (subject to hydrolysis) is 1. The van der Waals surface area contributed by atoms with Gasteiger partial charge in [-0.2, -0.15) is 0 Å². The van der Waals surface area contributed by atoms with Crippen molar-refractivity contribution in [1.82, 2.24) is 15.3 Å². The first-order chi connectivity index (χ1) is 12.7. The molecule has 0 aliphatic carbocycles. The molecule has 3 rings (SSSR count). The molecule has 144 valence electrons. The summed E-state index contributed by atoms with van der Waals surface area (Å²) >= 11 is 0. The molecule has 1 fully saturated rings. The molecule has 1 atom stereocenters. The highest BCUT2D eigenvalue weighted by molar-refractivity contribution is 5.96. The average molecular weight is 373 g/mol. The molecule has 0 aromatic heterocycles. The molecule has 0 radical (unpaired) electrons. The zero-order valence-electron chi connectivity index (χ0n) is 15.6. The number of carboxylic acid groups (broad SMARTS) is 1. The van der Waals surface area contributed by atoms with Crippen LogP contribution >= 0.6 is 0 Å². The van der Waals surface area contributed by atoms with Crippen LogP contribution in [0.15, 0.2) is 35.9 Å². The molecule has 2 N–H and O–H groups in total. The SMILES string of the molecule is CC(C)(C)OC(=O)N[C@H]1CN2CC(CC(=O)O)=C(c3ccccc3)N2C1=O. The Balaban J connectivity index is 1.84. The Morgan fingerprint density at radius 1 is 1.26 bits per heavy atom. The third kappa shape index (κ3) is 4.11. The third-order valence-corrected chi connectivity index (χ3v) is 4.21. The normalized spacial score (nSPS) is 20.0. The van der Waals surface area contributed by atoms with E-state index in [4.69, 9.17) is 4.74 Å². The molecule has 27 heavy (non-hydrogen) atoms. The number of aliphatic carboxylic acids is 1. The van der Waals surface area contributed by atoms with Crippen molar-refractivity contribution in [3.63, 3.8) is 0 Å². The van der Waals surface area contributed by atoms with Crippen molar-refractivity contribution in [2.75, 3.05) is 13.1 Å². The first-order valence-electron chi connectivity index (χ1n) is 8.73. The number of benzene rings is 1. The smallest absolute Gasteiger partial charge is 0.408 e. The van der Waals surface area contributed by atoms with Gasteiger partial charge in [0.05, 0.1) is 12.1 Å². The number of rotatable bonds is 4. The Morgan fingerprint density at radius 2 is 1.93 bits per heavy atom. The fourth-order valence-electron chi connectivity index (χ4n) is 3.29. The summed E-state index contributed by atoms with van der Waals surface area (Å²) in [6, 6.07) is 8.45. The van der Waals surface area contributed by atoms with Gasteiger partial charge in [-0.05, 0) is 31.9 Å². The molecule has 2 heterocycles. The van der Waals surface area contributed by atoms with Gasteiger partial charge >= 0.3 is 12.1 Å². The van der Waals surface area contributed by atoms with Crippen LogP contribution in [-0.4, -0.2) is 57.8 Å². The quantitative estimate of drug-likeness (QED) is 0.836. The van der Waals surface area contributed by atoms with E-state index in [0.29, 0.717) is 17.8 Å². The van der Waals surface area contributed by atoms with E-state index >= 15 is 0 Å². The maximum Gasteiger partial charge on any atom is 0.408 e. The summed E-state index contributed by atoms with van der Waals surface area (Å²) < 4.78 is 5.23. The van der Waals surface area contributed by atoms with Crippen LogP contribution < -0.4 is 5.32 Å². The maximum absolute atomic E-state index is 12.9. The fraction of sp³-hybridized carbons (Fsp3) is 0.421. The number of carboxylic acids is 1. The van der Waals surface area contributed by atoms with Crippen LogP contribution in [0.25, 0.3) is 5.70 Å². The van der Waals surface area contributed by atoms with Gasteiger partial charge in [0.25, 0.3) is 5.91 Å². The van der Waals surface area contributed by atoms with Crippen molar-refractivity contribution in [1.29, 1.82) is 0 Å². The summed E-state index contributed by atoms with van der Waals surface area (Å²) in [4.78, 5) is 36.2. The van der Waals surface area contributed by atoms with E-state index in [2.05, 4.69) is 5.32 Å². The lowest BCUT2D eigenvalue weighted by atomic mass is 10.0. The van der Waals surface area contributed by atoms with Crippen molar-refractivity contribution in [3.05, 3.63) is 41.5 Å². The lowest BCUT2D eigenvalue weighted by Gasteiger charge is -2.22. The van der Waals surface area contributed by atoms with Crippen LogP contribution in [-0.2, 0) is 14.3 Å². The molecule has 0 spiro atoms. The molecular formula is C19H23N3O5. The number of fused-ring (bicyclic) bond motifs is 1. The van der Waals surface area contributed by atoms with E-state index in [1.54, 1.807) is 25.8 Å². The van der Waals surface area contributed by atoms with Crippen molar-refractivity contribution >= 4 is 23.7 Å². The van der Waals surface area contributed by atoms with Crippen molar-refractivity contribution in [2.24, 2.45) is 0 Å². The fourth-order valence-corrected chi connectivity index (χ4v) is 3.29. The third-order valence-electron chi connectivity index (χ3n) is 4.21. The van der Waals surface area contributed by atoms with E-state index in [1.165, 1.54) is 5.01 Å². The number of hydrogen-bond donors (Lipinski definition) is 2. The first kappa shape index (κ1) is 18.9. The van der Waals surface area contributed by atoms with E-state index in [9.17, 15) is 19.5 Å². The number of nitrogens with one attached hydrogen (secondary N) is 1. The summed E-state index contributed by atoms with van der Waals surface area (Å²) in [6.45, 7) is 5.84. The minimum atomic E-state index is -0.948. The second kappa shape index (κ2) is 7.03. The predicted octanol–water partition coefficient (Wildman–Crippen LogP) is 1.84. The minimum Gasteiger partial charge on any atom is -0.481 e. The predicted molar refractivity (Wildman–Crippen MR) is 97.2 cm³/mol. The molecule has 2 aliphatic rings. The Kier molecular flexibility index (Phi) is 4.93. The molecule has 2 aliphatic heterocycles. The molecule has 2 amide bonds. The highest BCUT2D eigenvalue weighted by Gasteiger charge is 2.46. The van der Waals surface area contributed by atoms with Crippen LogP contribution in [0, 0.1) is 0 Å². The molecule has 0 unspecified atom stereocenters. The van der Waals surface area contributed by atoms with Gasteiger partial charge in [0.1, 0.15) is 11.6 Å². The highest BCUT2D eigenvalue weighted by Crippen LogP contribution is 2.36. The molecule has 1 saturated heterocycles. The maximum atomic E-state index is 12.9. The lowest BCUT2D eigenvalue weighted by molar-refractivity contribution is -0.136. The van der Waals surface area contributed by atoms with Gasteiger partial charge in [0.2, 0.25) is 0 Å². The Hall–Kier alpha value is -2.87. The van der Waals surface area contributed by atoms with E-state index in [0.717, 1.165) is 5.56 Å². The van der Waals surface area contributed by atoms with Crippen molar-refractivity contribution in [3.8, 4) is 0 Å². The Labute approximate surface area is 157 Å². The molecule has 1 aromatic carbocycles. The van der Waals surface area contributed by atoms with Gasteiger partial charge in [-0.25, -0.2) is 14.8 Å². The number of amides is 2. The summed E-state index contributed by atoms with van der Waals surface area (Å²) in [5.74, 6) is -1.25. The van der Waals surface area contributed by atoms with Crippen LogP contribution in [0.5, 0.6) is 0 Å². The standard InChI is InChI=1S/C19H23N3O5/c1-19(2,3)27-18(26)20-14-11-21-10-13(9-15(23)24)16(22(21)17(14)25)12-7-5-4-6-8-12/h4-8,14H,9-11H2,1-3H3,(H,20,26)(H,23,24)/t14-/m0/s1. The largest absolute Gasteiger partial charge is 0.481 e. The number of carbonyl (C=O) groups excluding carboxylic acids is 2. The monoisotopic (exact) mass is 373 g/mol. The molecule has 1 aromatic rings. The molecule has 8 nitrogen and oxygen atoms in total. The molecule has 0 saturated carbocycles. The number of ether oxygens (including phenoxy) is 1. The van der Waals surface area contributed by atoms with Gasteiger partial charge in [0, 0.05) is 13.1 Å². The van der Waals surface area contributed by atoms with Gasteiger partial charge < -0.3 is 15.2 Å². The number of hydrazine groups is 1. The molecular weight excluding hydrogens is 350 g/mol. The van der Waals surface area contributed by atoms with Crippen LogP contribution in [0.2, 0.25) is 0 Å². The van der Waals surface area contributed by atoms with Crippen LogP contribution in [0.1, 0.15) is 32.8 Å². The summed E-state index contributed by atoms with van der Waals surface area (Å²) in [5, 5.41) is 15.1. The number of carbonyl (C=O) groups is 3. The van der Waals surface area contributed by atoms with E-state index in [1.807, 2.05) is 30.3 Å². The summed E-state index contributed by atoms with van der Waals surface area (Å²) in [7, 11) is 0. The molecule has 8 heteroatoms. The van der Waals surface area contributed by atoms with Crippen LogP contribution in [0.4, 0.5) is 4.79 Å².